The zero-order valence-electron chi connectivity index (χ0n) is 17.2. The largest absolute Gasteiger partial charge is 0.334 e. The lowest BCUT2D eigenvalue weighted by atomic mass is 9.79. The molecule has 4 aromatic rings. The van der Waals surface area contributed by atoms with Gasteiger partial charge >= 0.3 is 0 Å². The zero-order chi connectivity index (χ0) is 20.2. The molecule has 7 nitrogen and oxygen atoms in total. The first kappa shape index (κ1) is 17.8. The molecule has 7 heteroatoms. The molecule has 1 unspecified atom stereocenters. The van der Waals surface area contributed by atoms with Crippen molar-refractivity contribution in [3.8, 4) is 22.7 Å². The minimum Gasteiger partial charge on any atom is -0.334 e. The van der Waals surface area contributed by atoms with E-state index in [1.165, 1.54) is 25.9 Å². The maximum Gasteiger partial charge on any atom is 0.258 e. The molecule has 3 fully saturated rings. The van der Waals surface area contributed by atoms with Crippen LogP contribution < -0.4 is 0 Å². The van der Waals surface area contributed by atoms with Gasteiger partial charge < -0.3 is 9.42 Å². The Labute approximate surface area is 174 Å². The minimum absolute atomic E-state index is 0.367. The van der Waals surface area contributed by atoms with Crippen molar-refractivity contribution >= 4 is 11.0 Å². The molecule has 7 rings (SSSR count). The molecule has 3 aliphatic heterocycles. The van der Waals surface area contributed by atoms with Gasteiger partial charge in [0.15, 0.2) is 11.5 Å². The highest BCUT2D eigenvalue weighted by Gasteiger charge is 2.37. The summed E-state index contributed by atoms with van der Waals surface area (Å²) in [5.74, 6) is 2.43. The second kappa shape index (κ2) is 6.74. The first-order chi connectivity index (χ1) is 14.7. The van der Waals surface area contributed by atoms with Crippen LogP contribution in [0.25, 0.3) is 33.7 Å². The number of fused-ring (bicyclic) bond motifs is 4. The van der Waals surface area contributed by atoms with E-state index in [4.69, 9.17) is 14.5 Å². The Kier molecular flexibility index (Phi) is 3.99. The summed E-state index contributed by atoms with van der Waals surface area (Å²) >= 11 is 0. The highest BCUT2D eigenvalue weighted by atomic mass is 16.5. The predicted molar refractivity (Wildman–Crippen MR) is 114 cm³/mol. The summed E-state index contributed by atoms with van der Waals surface area (Å²) < 4.78 is 7.66. The molecule has 0 radical (unpaired) electrons. The van der Waals surface area contributed by atoms with Crippen molar-refractivity contribution in [1.29, 1.82) is 0 Å². The number of piperidine rings is 3. The topological polar surface area (TPSA) is 72.9 Å². The molecule has 0 amide bonds. The third-order valence-electron chi connectivity index (χ3n) is 6.70. The van der Waals surface area contributed by atoms with Crippen LogP contribution in [-0.2, 0) is 7.05 Å². The molecule has 30 heavy (non-hydrogen) atoms. The van der Waals surface area contributed by atoms with E-state index >= 15 is 0 Å². The normalized spacial score (nSPS) is 23.3. The number of pyridine rings is 1. The van der Waals surface area contributed by atoms with Crippen LogP contribution in [0.1, 0.15) is 30.3 Å². The van der Waals surface area contributed by atoms with Crippen molar-refractivity contribution in [2.24, 2.45) is 13.0 Å². The molecule has 0 spiro atoms. The summed E-state index contributed by atoms with van der Waals surface area (Å²) in [4.78, 5) is 12.3. The summed E-state index contributed by atoms with van der Waals surface area (Å²) in [5, 5.41) is 9.99. The van der Waals surface area contributed by atoms with Crippen LogP contribution in [0.2, 0.25) is 0 Å². The smallest absolute Gasteiger partial charge is 0.258 e. The molecule has 3 saturated heterocycles. The van der Waals surface area contributed by atoms with Gasteiger partial charge in [0.25, 0.3) is 5.89 Å². The Morgan fingerprint density at radius 3 is 2.60 bits per heavy atom. The molecule has 1 aromatic carbocycles. The first-order valence-corrected chi connectivity index (χ1v) is 10.6. The average Bonchev–Trinajstić information content (AvgIpc) is 3.40. The molecule has 1 atom stereocenters. The lowest BCUT2D eigenvalue weighted by molar-refractivity contribution is 0.0825. The Morgan fingerprint density at radius 2 is 1.87 bits per heavy atom. The maximum absolute atomic E-state index is 5.83. The van der Waals surface area contributed by atoms with Gasteiger partial charge in [-0.1, -0.05) is 35.5 Å². The Balaban J connectivity index is 1.48. The van der Waals surface area contributed by atoms with E-state index in [1.807, 2.05) is 36.9 Å². The fraction of sp³-hybridized carbons (Fsp3) is 0.391. The van der Waals surface area contributed by atoms with E-state index in [0.29, 0.717) is 17.7 Å². The maximum atomic E-state index is 5.83. The quantitative estimate of drug-likeness (QED) is 0.521. The van der Waals surface area contributed by atoms with Crippen LogP contribution in [0.15, 0.2) is 40.9 Å². The van der Waals surface area contributed by atoms with E-state index in [0.717, 1.165) is 45.9 Å². The van der Waals surface area contributed by atoms with E-state index in [2.05, 4.69) is 33.4 Å². The van der Waals surface area contributed by atoms with Crippen LogP contribution in [0.4, 0.5) is 0 Å². The van der Waals surface area contributed by atoms with Gasteiger partial charge in [-0.05, 0) is 44.8 Å². The number of hydrogen-bond donors (Lipinski definition) is 0. The van der Waals surface area contributed by atoms with Gasteiger partial charge in [0.2, 0.25) is 0 Å². The van der Waals surface area contributed by atoms with Gasteiger partial charge in [-0.2, -0.15) is 10.1 Å². The second-order valence-corrected chi connectivity index (χ2v) is 8.53. The number of aryl methyl sites for hydroxylation is 2. The number of rotatable bonds is 3. The molecule has 0 saturated carbocycles. The average molecular weight is 400 g/mol. The first-order valence-electron chi connectivity index (χ1n) is 10.6. The SMILES string of the molecule is Cc1nn(C)c2nc(-c3ccccc3)cc(-c3nc(C4CN5CCC4CC5)no3)c12. The summed E-state index contributed by atoms with van der Waals surface area (Å²) in [6.07, 6.45) is 2.46. The van der Waals surface area contributed by atoms with Crippen molar-refractivity contribution in [1.82, 2.24) is 29.8 Å². The van der Waals surface area contributed by atoms with Crippen LogP contribution >= 0.6 is 0 Å². The van der Waals surface area contributed by atoms with Gasteiger partial charge in [-0.25, -0.2) is 4.98 Å². The fourth-order valence-corrected chi connectivity index (χ4v) is 5.12. The molecule has 2 bridgehead atoms. The summed E-state index contributed by atoms with van der Waals surface area (Å²) in [6, 6.07) is 12.2. The third-order valence-corrected chi connectivity index (χ3v) is 6.70. The lowest BCUT2D eigenvalue weighted by Crippen LogP contribution is -2.46. The number of nitrogens with zero attached hydrogens (tertiary/aromatic N) is 6. The van der Waals surface area contributed by atoms with Gasteiger partial charge in [0.05, 0.1) is 22.3 Å². The van der Waals surface area contributed by atoms with E-state index in [9.17, 15) is 0 Å². The van der Waals surface area contributed by atoms with Crippen molar-refractivity contribution < 1.29 is 4.52 Å². The molecular weight excluding hydrogens is 376 g/mol. The van der Waals surface area contributed by atoms with E-state index in [-0.39, 0.29) is 0 Å². The van der Waals surface area contributed by atoms with Crippen molar-refractivity contribution in [2.45, 2.75) is 25.7 Å². The lowest BCUT2D eigenvalue weighted by Gasteiger charge is -2.43. The van der Waals surface area contributed by atoms with Crippen LogP contribution in [0.5, 0.6) is 0 Å². The van der Waals surface area contributed by atoms with Crippen LogP contribution in [-0.4, -0.2) is 49.4 Å². The predicted octanol–water partition coefficient (Wildman–Crippen LogP) is 3.80. The Morgan fingerprint density at radius 1 is 1.07 bits per heavy atom. The van der Waals surface area contributed by atoms with Crippen molar-refractivity contribution in [3.05, 3.63) is 47.9 Å². The van der Waals surface area contributed by atoms with Gasteiger partial charge in [0, 0.05) is 25.1 Å². The standard InChI is InChI=1S/C23H24N6O/c1-14-20-17(12-19(16-6-4-3-5-7-16)24-22(20)28(2)26-14)23-25-21(27-30-23)18-13-29-10-8-15(18)9-11-29/h3-7,12,15,18H,8-11,13H2,1-2H3. The molecule has 3 aliphatic rings. The number of benzene rings is 1. The molecule has 3 aromatic heterocycles. The minimum atomic E-state index is 0.367. The summed E-state index contributed by atoms with van der Waals surface area (Å²) in [5.41, 5.74) is 4.58. The molecular formula is C23H24N6O. The van der Waals surface area contributed by atoms with E-state index < -0.39 is 0 Å². The Bertz CT molecular complexity index is 1220. The summed E-state index contributed by atoms with van der Waals surface area (Å²) in [6.45, 7) is 5.44. The Hall–Kier alpha value is -3.06. The molecule has 0 aliphatic carbocycles. The monoisotopic (exact) mass is 400 g/mol. The number of aromatic nitrogens is 5. The molecule has 152 valence electrons. The zero-order valence-corrected chi connectivity index (χ0v) is 17.2. The fourth-order valence-electron chi connectivity index (χ4n) is 5.12. The van der Waals surface area contributed by atoms with Crippen molar-refractivity contribution in [2.75, 3.05) is 19.6 Å². The van der Waals surface area contributed by atoms with Gasteiger partial charge in [-0.3, -0.25) is 4.68 Å². The highest BCUT2D eigenvalue weighted by Crippen LogP contribution is 2.39. The summed E-state index contributed by atoms with van der Waals surface area (Å²) in [7, 11) is 1.92. The van der Waals surface area contributed by atoms with Crippen molar-refractivity contribution in [3.63, 3.8) is 0 Å². The molecule has 6 heterocycles. The van der Waals surface area contributed by atoms with Gasteiger partial charge in [-0.15, -0.1) is 0 Å². The van der Waals surface area contributed by atoms with Crippen LogP contribution in [0.3, 0.4) is 0 Å². The highest BCUT2D eigenvalue weighted by molar-refractivity contribution is 5.95. The van der Waals surface area contributed by atoms with Crippen LogP contribution in [0, 0.1) is 12.8 Å². The van der Waals surface area contributed by atoms with Gasteiger partial charge in [0.1, 0.15) is 0 Å². The molecule has 0 N–H and O–H groups in total. The third kappa shape index (κ3) is 2.76. The number of hydrogen-bond acceptors (Lipinski definition) is 6. The second-order valence-electron chi connectivity index (χ2n) is 8.53. The van der Waals surface area contributed by atoms with E-state index in [1.54, 1.807) is 0 Å².